The van der Waals surface area contributed by atoms with Crippen LogP contribution in [0.3, 0.4) is 0 Å². The number of carbonyl (C=O) groups excluding carboxylic acids is 1. The van der Waals surface area contributed by atoms with Crippen molar-refractivity contribution < 1.29 is 26.4 Å². The third-order valence-electron chi connectivity index (χ3n) is 3.95. The predicted molar refractivity (Wildman–Crippen MR) is 112 cm³/mol. The normalized spacial score (nSPS) is 17.0. The van der Waals surface area contributed by atoms with Gasteiger partial charge in [-0.05, 0) is 26.2 Å². The number of halogens is 4. The van der Waals surface area contributed by atoms with Crippen LogP contribution >= 0.6 is 24.0 Å². The summed E-state index contributed by atoms with van der Waals surface area (Å²) >= 11 is 0. The van der Waals surface area contributed by atoms with Crippen LogP contribution in [-0.2, 0) is 14.8 Å². The van der Waals surface area contributed by atoms with Crippen LogP contribution in [0, 0.1) is 0 Å². The SMILES string of the molecule is CCCNC(=O)CCN=C(NCC)NC1CCN(S(=O)(=O)C(F)(F)F)CC1.I. The topological polar surface area (TPSA) is 103 Å². The second-order valence-corrected chi connectivity index (χ2v) is 8.06. The molecule has 166 valence electrons. The van der Waals surface area contributed by atoms with E-state index in [9.17, 15) is 26.4 Å². The van der Waals surface area contributed by atoms with Gasteiger partial charge in [0.25, 0.3) is 0 Å². The van der Waals surface area contributed by atoms with E-state index >= 15 is 0 Å². The second-order valence-electron chi connectivity index (χ2n) is 6.13. The predicted octanol–water partition coefficient (Wildman–Crippen LogP) is 1.39. The molecule has 1 saturated heterocycles. The highest BCUT2D eigenvalue weighted by Gasteiger charge is 2.50. The van der Waals surface area contributed by atoms with Crippen molar-refractivity contribution in [1.29, 1.82) is 0 Å². The summed E-state index contributed by atoms with van der Waals surface area (Å²) in [5.41, 5.74) is -5.28. The van der Waals surface area contributed by atoms with Gasteiger partial charge < -0.3 is 16.0 Å². The molecule has 1 amide bonds. The van der Waals surface area contributed by atoms with Crippen molar-refractivity contribution in [2.75, 3.05) is 32.7 Å². The van der Waals surface area contributed by atoms with E-state index in [1.165, 1.54) is 0 Å². The maximum Gasteiger partial charge on any atom is 0.511 e. The number of sulfonamides is 1. The number of guanidine groups is 1. The van der Waals surface area contributed by atoms with E-state index < -0.39 is 15.5 Å². The van der Waals surface area contributed by atoms with Gasteiger partial charge in [-0.25, -0.2) is 8.42 Å². The molecule has 1 heterocycles. The highest BCUT2D eigenvalue weighted by Crippen LogP contribution is 2.28. The van der Waals surface area contributed by atoms with E-state index in [2.05, 4.69) is 20.9 Å². The maximum absolute atomic E-state index is 12.6. The van der Waals surface area contributed by atoms with Crippen molar-refractivity contribution in [1.82, 2.24) is 20.3 Å². The van der Waals surface area contributed by atoms with Gasteiger partial charge in [-0.15, -0.1) is 24.0 Å². The molecule has 0 aromatic rings. The summed E-state index contributed by atoms with van der Waals surface area (Å²) in [4.78, 5) is 15.9. The minimum absolute atomic E-state index is 0. The van der Waals surface area contributed by atoms with Crippen LogP contribution in [0.15, 0.2) is 4.99 Å². The number of nitrogens with one attached hydrogen (secondary N) is 3. The summed E-state index contributed by atoms with van der Waals surface area (Å²) in [5.74, 6) is 0.361. The Bertz CT molecular complexity index is 609. The lowest BCUT2D eigenvalue weighted by Crippen LogP contribution is -2.51. The van der Waals surface area contributed by atoms with Gasteiger partial charge in [-0.3, -0.25) is 9.79 Å². The van der Waals surface area contributed by atoms with Crippen LogP contribution in [0.5, 0.6) is 0 Å². The summed E-state index contributed by atoms with van der Waals surface area (Å²) in [7, 11) is -5.28. The monoisotopic (exact) mass is 543 g/mol. The first-order valence-corrected chi connectivity index (χ1v) is 10.4. The fourth-order valence-corrected chi connectivity index (χ4v) is 3.51. The number of rotatable bonds is 8. The number of aliphatic imine (C=N–C) groups is 1. The van der Waals surface area contributed by atoms with Gasteiger partial charge >= 0.3 is 15.5 Å². The largest absolute Gasteiger partial charge is 0.511 e. The minimum Gasteiger partial charge on any atom is -0.357 e. The van der Waals surface area contributed by atoms with Crippen molar-refractivity contribution in [3.8, 4) is 0 Å². The fraction of sp³-hybridized carbons (Fsp3) is 0.867. The molecule has 8 nitrogen and oxygen atoms in total. The Labute approximate surface area is 181 Å². The Balaban J connectivity index is 0.00000729. The molecule has 0 radical (unpaired) electrons. The number of carbonyl (C=O) groups is 1. The van der Waals surface area contributed by atoms with E-state index in [1.54, 1.807) is 0 Å². The van der Waals surface area contributed by atoms with Crippen molar-refractivity contribution in [3.05, 3.63) is 0 Å². The zero-order chi connectivity index (χ0) is 20.5. The summed E-state index contributed by atoms with van der Waals surface area (Å²) in [6.07, 6.45) is 1.55. The first-order chi connectivity index (χ1) is 12.6. The number of hydrogen-bond donors (Lipinski definition) is 3. The lowest BCUT2D eigenvalue weighted by atomic mass is 10.1. The van der Waals surface area contributed by atoms with E-state index in [1.807, 2.05) is 13.8 Å². The Hall–Kier alpha value is -0.830. The molecule has 0 bridgehead atoms. The number of alkyl halides is 3. The van der Waals surface area contributed by atoms with Gasteiger partial charge in [-0.1, -0.05) is 6.92 Å². The Morgan fingerprint density at radius 1 is 1.18 bits per heavy atom. The summed E-state index contributed by atoms with van der Waals surface area (Å²) in [6.45, 7) is 4.86. The molecule has 0 aromatic carbocycles. The second kappa shape index (κ2) is 12.7. The van der Waals surface area contributed by atoms with Crippen LogP contribution < -0.4 is 16.0 Å². The van der Waals surface area contributed by atoms with Crippen molar-refractivity contribution in [2.24, 2.45) is 4.99 Å². The van der Waals surface area contributed by atoms with Crippen LogP contribution in [-0.4, -0.2) is 68.9 Å². The fourth-order valence-electron chi connectivity index (χ4n) is 2.52. The quantitative estimate of drug-likeness (QED) is 0.244. The standard InChI is InChI=1S/C15H28F3N5O3S.HI/c1-3-8-20-13(24)5-9-21-14(19-4-2)22-12-6-10-23(11-7-12)27(25,26)15(16,17)18;/h12H,3-11H2,1-2H3,(H,20,24)(H2,19,21,22);1H. The van der Waals surface area contributed by atoms with Gasteiger partial charge in [-0.2, -0.15) is 17.5 Å². The minimum atomic E-state index is -5.28. The molecular formula is C15H29F3IN5O3S. The molecule has 13 heteroatoms. The zero-order valence-electron chi connectivity index (χ0n) is 16.0. The maximum atomic E-state index is 12.6. The Morgan fingerprint density at radius 2 is 1.79 bits per heavy atom. The van der Waals surface area contributed by atoms with Crippen LogP contribution in [0.4, 0.5) is 13.2 Å². The zero-order valence-corrected chi connectivity index (χ0v) is 19.2. The highest BCUT2D eigenvalue weighted by molar-refractivity contribution is 14.0. The molecule has 1 aliphatic rings. The summed E-state index contributed by atoms with van der Waals surface area (Å²) < 4.78 is 61.1. The Kier molecular flexibility index (Phi) is 12.3. The molecule has 1 aliphatic heterocycles. The van der Waals surface area contributed by atoms with Crippen LogP contribution in [0.2, 0.25) is 0 Å². The lowest BCUT2D eigenvalue weighted by molar-refractivity contribution is -0.120. The molecule has 1 rings (SSSR count). The molecule has 0 saturated carbocycles. The molecule has 0 atom stereocenters. The smallest absolute Gasteiger partial charge is 0.357 e. The van der Waals surface area contributed by atoms with Gasteiger partial charge in [0.05, 0.1) is 6.54 Å². The van der Waals surface area contributed by atoms with Crippen molar-refractivity contribution in [2.45, 2.75) is 51.1 Å². The van der Waals surface area contributed by atoms with Crippen LogP contribution in [0.1, 0.15) is 39.5 Å². The summed E-state index contributed by atoms with van der Waals surface area (Å²) in [6, 6.07) is -0.198. The van der Waals surface area contributed by atoms with Gasteiger partial charge in [0.1, 0.15) is 0 Å². The Morgan fingerprint density at radius 3 is 2.29 bits per heavy atom. The van der Waals surface area contributed by atoms with E-state index in [0.717, 1.165) is 6.42 Å². The first kappa shape index (κ1) is 27.2. The molecule has 3 N–H and O–H groups in total. The number of hydrogen-bond acceptors (Lipinski definition) is 4. The molecular weight excluding hydrogens is 514 g/mol. The number of piperidine rings is 1. The van der Waals surface area contributed by atoms with E-state index in [0.29, 0.717) is 23.4 Å². The van der Waals surface area contributed by atoms with Crippen molar-refractivity contribution >= 4 is 45.9 Å². The number of amides is 1. The molecule has 1 fully saturated rings. The van der Waals surface area contributed by atoms with Gasteiger partial charge in [0.15, 0.2) is 5.96 Å². The molecule has 0 aliphatic carbocycles. The van der Waals surface area contributed by atoms with Crippen LogP contribution in [0.25, 0.3) is 0 Å². The summed E-state index contributed by atoms with van der Waals surface area (Å²) in [5, 5.41) is 8.84. The average Bonchev–Trinajstić information content (AvgIpc) is 2.59. The van der Waals surface area contributed by atoms with E-state index in [-0.39, 0.29) is 74.8 Å². The highest BCUT2D eigenvalue weighted by atomic mass is 127. The third-order valence-corrected chi connectivity index (χ3v) is 5.58. The lowest BCUT2D eigenvalue weighted by Gasteiger charge is -2.32. The molecule has 0 spiro atoms. The average molecular weight is 543 g/mol. The molecule has 0 unspecified atom stereocenters. The van der Waals surface area contributed by atoms with Gasteiger partial charge in [0, 0.05) is 38.6 Å². The number of nitrogens with zero attached hydrogens (tertiary/aromatic N) is 2. The van der Waals surface area contributed by atoms with Gasteiger partial charge in [0.2, 0.25) is 5.91 Å². The third kappa shape index (κ3) is 8.68. The van der Waals surface area contributed by atoms with E-state index in [4.69, 9.17) is 0 Å². The first-order valence-electron chi connectivity index (χ1n) is 8.99. The van der Waals surface area contributed by atoms with Crippen molar-refractivity contribution in [3.63, 3.8) is 0 Å². The molecule has 28 heavy (non-hydrogen) atoms. The molecule has 0 aromatic heterocycles.